The van der Waals surface area contributed by atoms with E-state index in [2.05, 4.69) is 10.0 Å². The first-order chi connectivity index (χ1) is 14.1. The predicted octanol–water partition coefficient (Wildman–Crippen LogP) is 2.31. The second-order valence-electron chi connectivity index (χ2n) is 7.54. The number of fused-ring (bicyclic) bond motifs is 1. The molecule has 3 aromatic rings. The van der Waals surface area contributed by atoms with Crippen molar-refractivity contribution < 1.29 is 17.6 Å². The molecule has 1 aromatic heterocycles. The molecule has 9 heteroatoms. The lowest BCUT2D eigenvalue weighted by molar-refractivity contribution is -0.124. The van der Waals surface area contributed by atoms with Crippen molar-refractivity contribution in [3.05, 3.63) is 64.6 Å². The number of carbonyl (C=O) groups excluding carboxylic acids is 1. The van der Waals surface area contributed by atoms with E-state index in [9.17, 15) is 18.0 Å². The van der Waals surface area contributed by atoms with Crippen molar-refractivity contribution >= 4 is 27.0 Å². The number of hydrogen-bond donors (Lipinski definition) is 2. The van der Waals surface area contributed by atoms with Gasteiger partial charge in [-0.3, -0.25) is 9.36 Å². The maximum Gasteiger partial charge on any atom is 0.419 e. The molecule has 2 atom stereocenters. The Kier molecular flexibility index (Phi) is 6.14. The summed E-state index contributed by atoms with van der Waals surface area (Å²) in [5.74, 6) is -1.29. The van der Waals surface area contributed by atoms with E-state index in [0.717, 1.165) is 5.56 Å². The normalized spacial score (nSPS) is 14.0. The average molecular weight is 432 g/mol. The van der Waals surface area contributed by atoms with E-state index >= 15 is 0 Å². The number of rotatable bonds is 7. The Morgan fingerprint density at radius 3 is 2.37 bits per heavy atom. The summed E-state index contributed by atoms with van der Waals surface area (Å²) in [6.07, 6.45) is 0. The first-order valence-corrected chi connectivity index (χ1v) is 11.1. The summed E-state index contributed by atoms with van der Waals surface area (Å²) in [5, 5.41) is 2.86. The summed E-state index contributed by atoms with van der Waals surface area (Å²) < 4.78 is 34.7. The molecule has 30 heavy (non-hydrogen) atoms. The quantitative estimate of drug-likeness (QED) is 0.596. The van der Waals surface area contributed by atoms with Crippen LogP contribution in [0.2, 0.25) is 0 Å². The lowest BCUT2D eigenvalue weighted by Crippen LogP contribution is -2.50. The van der Waals surface area contributed by atoms with Crippen molar-refractivity contribution in [2.75, 3.05) is 0 Å². The summed E-state index contributed by atoms with van der Waals surface area (Å²) in [7, 11) is -2.49. The van der Waals surface area contributed by atoms with Gasteiger partial charge in [0.05, 0.1) is 16.5 Å². The van der Waals surface area contributed by atoms with Crippen molar-refractivity contribution in [2.45, 2.75) is 37.8 Å². The maximum atomic E-state index is 12.9. The largest absolute Gasteiger partial charge is 0.419 e. The molecule has 1 amide bonds. The van der Waals surface area contributed by atoms with Crippen LogP contribution in [0, 0.1) is 5.92 Å². The molecule has 0 saturated heterocycles. The Morgan fingerprint density at radius 2 is 1.73 bits per heavy atom. The van der Waals surface area contributed by atoms with Gasteiger partial charge in [0.25, 0.3) is 0 Å². The topological polar surface area (TPSA) is 110 Å². The molecule has 3 rings (SSSR count). The molecule has 0 aliphatic carbocycles. The van der Waals surface area contributed by atoms with Gasteiger partial charge < -0.3 is 9.73 Å². The molecule has 1 heterocycles. The van der Waals surface area contributed by atoms with Crippen LogP contribution < -0.4 is 15.8 Å². The zero-order chi connectivity index (χ0) is 22.1. The van der Waals surface area contributed by atoms with Crippen LogP contribution in [-0.2, 0) is 21.9 Å². The van der Waals surface area contributed by atoms with Gasteiger partial charge in [-0.05, 0) is 30.5 Å². The maximum absolute atomic E-state index is 12.9. The second-order valence-corrected chi connectivity index (χ2v) is 9.25. The molecule has 0 unspecified atom stereocenters. The van der Waals surface area contributed by atoms with Gasteiger partial charge in [0.15, 0.2) is 5.58 Å². The highest BCUT2D eigenvalue weighted by molar-refractivity contribution is 7.89. The smallest absolute Gasteiger partial charge is 0.408 e. The van der Waals surface area contributed by atoms with E-state index in [0.29, 0.717) is 5.52 Å². The third-order valence-electron chi connectivity index (χ3n) is 4.96. The van der Waals surface area contributed by atoms with Crippen LogP contribution in [0.15, 0.2) is 62.6 Å². The number of aryl methyl sites for hydroxylation is 1. The SMILES string of the molecule is CC(C)[C@H](NS(=O)(=O)c1ccc2c(c1)oc(=O)n2C)C(=O)N[C@@H](C)c1ccccc1. The van der Waals surface area contributed by atoms with Crippen molar-refractivity contribution in [2.24, 2.45) is 13.0 Å². The third kappa shape index (κ3) is 4.47. The molecule has 0 spiro atoms. The van der Waals surface area contributed by atoms with E-state index < -0.39 is 27.7 Å². The molecule has 0 aliphatic rings. The predicted molar refractivity (Wildman–Crippen MR) is 113 cm³/mol. The average Bonchev–Trinajstić information content (AvgIpc) is 2.99. The number of benzene rings is 2. The Hall–Kier alpha value is -2.91. The van der Waals surface area contributed by atoms with Gasteiger partial charge in [-0.25, -0.2) is 13.2 Å². The van der Waals surface area contributed by atoms with Crippen molar-refractivity contribution in [1.82, 2.24) is 14.6 Å². The van der Waals surface area contributed by atoms with E-state index in [1.165, 1.54) is 29.8 Å². The van der Waals surface area contributed by atoms with Crippen LogP contribution in [0.3, 0.4) is 0 Å². The van der Waals surface area contributed by atoms with Gasteiger partial charge in [-0.1, -0.05) is 44.2 Å². The minimum atomic E-state index is -4.03. The number of aromatic nitrogens is 1. The number of amides is 1. The molecule has 0 radical (unpaired) electrons. The third-order valence-corrected chi connectivity index (χ3v) is 6.40. The Bertz CT molecular complexity index is 1210. The van der Waals surface area contributed by atoms with Crippen LogP contribution in [0.1, 0.15) is 32.4 Å². The fourth-order valence-corrected chi connectivity index (χ4v) is 4.50. The molecule has 0 bridgehead atoms. The highest BCUT2D eigenvalue weighted by Gasteiger charge is 2.29. The molecular weight excluding hydrogens is 406 g/mol. The lowest BCUT2D eigenvalue weighted by Gasteiger charge is -2.24. The van der Waals surface area contributed by atoms with Gasteiger partial charge >= 0.3 is 5.76 Å². The number of sulfonamides is 1. The number of hydrogen-bond acceptors (Lipinski definition) is 5. The first-order valence-electron chi connectivity index (χ1n) is 9.57. The fourth-order valence-electron chi connectivity index (χ4n) is 3.14. The van der Waals surface area contributed by atoms with Crippen LogP contribution >= 0.6 is 0 Å². The summed E-state index contributed by atoms with van der Waals surface area (Å²) in [5.41, 5.74) is 1.56. The standard InChI is InChI=1S/C21H25N3O5S/c1-13(2)19(20(25)22-14(3)15-8-6-5-7-9-15)23-30(27,28)16-10-11-17-18(12-16)29-21(26)24(17)4/h5-14,19,23H,1-4H3,(H,22,25)/t14-,19-/m0/s1. The summed E-state index contributed by atoms with van der Waals surface area (Å²) in [6.45, 7) is 5.36. The van der Waals surface area contributed by atoms with Gasteiger partial charge in [0.1, 0.15) is 6.04 Å². The molecule has 0 saturated carbocycles. The Balaban J connectivity index is 1.83. The van der Waals surface area contributed by atoms with Gasteiger partial charge in [0.2, 0.25) is 15.9 Å². The molecule has 2 aromatic carbocycles. The zero-order valence-corrected chi connectivity index (χ0v) is 18.1. The van der Waals surface area contributed by atoms with Crippen LogP contribution in [0.25, 0.3) is 11.1 Å². The van der Waals surface area contributed by atoms with Crippen LogP contribution in [-0.4, -0.2) is 24.9 Å². The molecule has 8 nitrogen and oxygen atoms in total. The van der Waals surface area contributed by atoms with Crippen molar-refractivity contribution in [3.63, 3.8) is 0 Å². The van der Waals surface area contributed by atoms with E-state index in [1.54, 1.807) is 13.8 Å². The first kappa shape index (κ1) is 21.8. The molecule has 0 fully saturated rings. The number of nitrogens with zero attached hydrogens (tertiary/aromatic N) is 1. The fraction of sp³-hybridized carbons (Fsp3) is 0.333. The Labute approximate surface area is 174 Å². The highest BCUT2D eigenvalue weighted by atomic mass is 32.2. The van der Waals surface area contributed by atoms with E-state index in [4.69, 9.17) is 4.42 Å². The lowest BCUT2D eigenvalue weighted by atomic mass is 10.0. The number of nitrogens with one attached hydrogen (secondary N) is 2. The zero-order valence-electron chi connectivity index (χ0n) is 17.2. The van der Waals surface area contributed by atoms with Gasteiger partial charge in [-0.2, -0.15) is 4.72 Å². The summed E-state index contributed by atoms with van der Waals surface area (Å²) in [6, 6.07) is 12.3. The van der Waals surface area contributed by atoms with Crippen LogP contribution in [0.5, 0.6) is 0 Å². The molecule has 2 N–H and O–H groups in total. The number of oxazole rings is 1. The van der Waals surface area contributed by atoms with Crippen LogP contribution in [0.4, 0.5) is 0 Å². The Morgan fingerprint density at radius 1 is 1.07 bits per heavy atom. The second kappa shape index (κ2) is 8.45. The summed E-state index contributed by atoms with van der Waals surface area (Å²) in [4.78, 5) is 24.4. The monoisotopic (exact) mass is 431 g/mol. The van der Waals surface area contributed by atoms with Gasteiger partial charge in [0, 0.05) is 13.1 Å². The van der Waals surface area contributed by atoms with E-state index in [1.807, 2.05) is 37.3 Å². The number of carbonyl (C=O) groups is 1. The minimum absolute atomic E-state index is 0.0843. The van der Waals surface area contributed by atoms with E-state index in [-0.39, 0.29) is 22.4 Å². The van der Waals surface area contributed by atoms with Crippen molar-refractivity contribution in [1.29, 1.82) is 0 Å². The minimum Gasteiger partial charge on any atom is -0.408 e. The highest BCUT2D eigenvalue weighted by Crippen LogP contribution is 2.19. The molecule has 160 valence electrons. The van der Waals surface area contributed by atoms with Gasteiger partial charge in [-0.15, -0.1) is 0 Å². The molecule has 0 aliphatic heterocycles. The summed E-state index contributed by atoms with van der Waals surface area (Å²) >= 11 is 0. The molecular formula is C21H25N3O5S. The van der Waals surface area contributed by atoms with Crippen molar-refractivity contribution in [3.8, 4) is 0 Å².